The predicted octanol–water partition coefficient (Wildman–Crippen LogP) is 2.89. The minimum absolute atomic E-state index is 0.0341. The molecule has 2 N–H and O–H groups in total. The Hall–Kier alpha value is -2.06. The number of halogens is 1. The highest BCUT2D eigenvalue weighted by Crippen LogP contribution is 2.23. The number of aryl methyl sites for hydroxylation is 2. The van der Waals surface area contributed by atoms with E-state index in [1.54, 1.807) is 17.4 Å². The van der Waals surface area contributed by atoms with Crippen molar-refractivity contribution < 1.29 is 9.18 Å². The van der Waals surface area contributed by atoms with Crippen LogP contribution in [0.4, 0.5) is 15.0 Å². The van der Waals surface area contributed by atoms with Gasteiger partial charge >= 0.3 is 6.03 Å². The third-order valence-electron chi connectivity index (χ3n) is 4.14. The first-order valence-corrected chi connectivity index (χ1v) is 9.15. The summed E-state index contributed by atoms with van der Waals surface area (Å²) in [7, 11) is 0. The molecule has 2 aromatic rings. The molecule has 25 heavy (non-hydrogen) atoms. The fourth-order valence-corrected chi connectivity index (χ4v) is 3.60. The number of alkyl halides is 1. The van der Waals surface area contributed by atoms with E-state index >= 15 is 0 Å². The lowest BCUT2D eigenvalue weighted by Gasteiger charge is -2.23. The highest BCUT2D eigenvalue weighted by Gasteiger charge is 2.32. The summed E-state index contributed by atoms with van der Waals surface area (Å²) in [6.07, 6.45) is -0.445. The second-order valence-electron chi connectivity index (χ2n) is 6.27. The van der Waals surface area contributed by atoms with E-state index in [9.17, 15) is 9.18 Å². The van der Waals surface area contributed by atoms with Crippen LogP contribution in [0.2, 0.25) is 0 Å². The quantitative estimate of drug-likeness (QED) is 0.857. The fraction of sp³-hybridized carbons (Fsp3) is 0.471. The fourth-order valence-electron chi connectivity index (χ4n) is 3.00. The van der Waals surface area contributed by atoms with Crippen LogP contribution in [-0.4, -0.2) is 46.2 Å². The number of hydrogen-bond donors (Lipinski definition) is 2. The van der Waals surface area contributed by atoms with Gasteiger partial charge in [0.25, 0.3) is 0 Å². The van der Waals surface area contributed by atoms with Gasteiger partial charge in [-0.25, -0.2) is 19.2 Å². The van der Waals surface area contributed by atoms with Crippen molar-refractivity contribution in [2.45, 2.75) is 39.0 Å². The van der Waals surface area contributed by atoms with E-state index in [4.69, 9.17) is 0 Å². The molecule has 0 unspecified atom stereocenters. The summed E-state index contributed by atoms with van der Waals surface area (Å²) in [5.41, 5.74) is 1.79. The van der Waals surface area contributed by atoms with Gasteiger partial charge in [0.15, 0.2) is 0 Å². The summed E-state index contributed by atoms with van der Waals surface area (Å²) in [6.45, 7) is 5.20. The van der Waals surface area contributed by atoms with Gasteiger partial charge in [-0.3, -0.25) is 10.2 Å². The largest absolute Gasteiger partial charge is 0.336 e. The second kappa shape index (κ2) is 7.88. The molecule has 0 aliphatic carbocycles. The molecule has 2 aromatic heterocycles. The predicted molar refractivity (Wildman–Crippen MR) is 96.6 cm³/mol. The summed E-state index contributed by atoms with van der Waals surface area (Å²) in [5, 5.41) is 8.53. The van der Waals surface area contributed by atoms with Crippen LogP contribution >= 0.6 is 11.3 Å². The van der Waals surface area contributed by atoms with Crippen molar-refractivity contribution in [3.63, 3.8) is 0 Å². The number of thiazole rings is 1. The number of carbonyl (C=O) groups excluding carboxylic acids is 1. The zero-order valence-corrected chi connectivity index (χ0v) is 15.1. The van der Waals surface area contributed by atoms with Crippen LogP contribution in [0.1, 0.15) is 22.8 Å². The summed E-state index contributed by atoms with van der Waals surface area (Å²) in [4.78, 5) is 22.8. The molecule has 0 bridgehead atoms. The third kappa shape index (κ3) is 4.96. The lowest BCUT2D eigenvalue weighted by molar-refractivity contribution is 0.222. The molecule has 2 atom stereocenters. The molecule has 0 saturated carbocycles. The highest BCUT2D eigenvalue weighted by atomic mass is 32.1. The Bertz CT molecular complexity index is 737. The molecule has 1 saturated heterocycles. The number of likely N-dealkylation sites (tertiary alicyclic amines) is 1. The number of pyridine rings is 1. The molecule has 1 fully saturated rings. The molecule has 3 heterocycles. The molecule has 1 aliphatic heterocycles. The topological polar surface area (TPSA) is 70.2 Å². The Kier molecular flexibility index (Phi) is 5.60. The van der Waals surface area contributed by atoms with Crippen molar-refractivity contribution in [3.05, 3.63) is 40.0 Å². The third-order valence-corrected chi connectivity index (χ3v) is 4.96. The molecule has 1 aliphatic rings. The maximum atomic E-state index is 13.8. The van der Waals surface area contributed by atoms with Gasteiger partial charge in [0.1, 0.15) is 12.0 Å². The van der Waals surface area contributed by atoms with Crippen molar-refractivity contribution in [3.8, 4) is 0 Å². The molecular weight excluding hydrogens is 341 g/mol. The van der Waals surface area contributed by atoms with Crippen LogP contribution in [0.25, 0.3) is 0 Å². The summed E-state index contributed by atoms with van der Waals surface area (Å²) in [6, 6.07) is 5.07. The van der Waals surface area contributed by atoms with E-state index < -0.39 is 6.17 Å². The molecule has 0 spiro atoms. The number of anilines is 1. The number of urea groups is 1. The van der Waals surface area contributed by atoms with Gasteiger partial charge in [-0.2, -0.15) is 0 Å². The highest BCUT2D eigenvalue weighted by molar-refractivity contribution is 7.09. The van der Waals surface area contributed by atoms with Crippen LogP contribution in [-0.2, 0) is 6.54 Å². The molecule has 3 rings (SSSR count). The molecule has 8 heteroatoms. The first-order valence-electron chi connectivity index (χ1n) is 8.27. The standard InChI is InChI=1S/C17H22FN5OS/c1-11-4-3-5-16(20-11)22-17(24)19-7-15-6-13(18)8-23(15)9-14-10-25-12(2)21-14/h3-5,10,13,15H,6-9H2,1-2H3,(H2,19,20,22,24)/t13-,15-/m0/s1. The zero-order valence-electron chi connectivity index (χ0n) is 14.3. The molecule has 134 valence electrons. The van der Waals surface area contributed by atoms with Gasteiger partial charge in [-0.15, -0.1) is 11.3 Å². The molecule has 0 aromatic carbocycles. The second-order valence-corrected chi connectivity index (χ2v) is 7.34. The molecule has 6 nitrogen and oxygen atoms in total. The van der Waals surface area contributed by atoms with Crippen LogP contribution in [0.5, 0.6) is 0 Å². The van der Waals surface area contributed by atoms with Crippen molar-refractivity contribution in [1.29, 1.82) is 0 Å². The minimum atomic E-state index is -0.868. The summed E-state index contributed by atoms with van der Waals surface area (Å²) < 4.78 is 13.8. The zero-order chi connectivity index (χ0) is 17.8. The smallest absolute Gasteiger partial charge is 0.320 e. The van der Waals surface area contributed by atoms with E-state index in [-0.39, 0.29) is 12.1 Å². The van der Waals surface area contributed by atoms with E-state index in [0.717, 1.165) is 16.4 Å². The minimum Gasteiger partial charge on any atom is -0.336 e. The van der Waals surface area contributed by atoms with Gasteiger partial charge in [0.2, 0.25) is 0 Å². The van der Waals surface area contributed by atoms with Gasteiger partial charge in [-0.1, -0.05) is 6.07 Å². The number of aromatic nitrogens is 2. The SMILES string of the molecule is Cc1cccc(NC(=O)NC[C@@H]2C[C@H](F)CN2Cc2csc(C)n2)n1. The van der Waals surface area contributed by atoms with E-state index in [1.807, 2.05) is 36.3 Å². The number of carbonyl (C=O) groups is 1. The van der Waals surface area contributed by atoms with E-state index in [2.05, 4.69) is 20.6 Å². The van der Waals surface area contributed by atoms with Crippen LogP contribution in [0, 0.1) is 13.8 Å². The average molecular weight is 363 g/mol. The van der Waals surface area contributed by atoms with Crippen molar-refractivity contribution in [2.75, 3.05) is 18.4 Å². The number of nitrogens with zero attached hydrogens (tertiary/aromatic N) is 3. The summed E-state index contributed by atoms with van der Waals surface area (Å²) in [5.74, 6) is 0.502. The Labute approximate surface area is 150 Å². The number of rotatable bonds is 5. The van der Waals surface area contributed by atoms with Crippen LogP contribution in [0.15, 0.2) is 23.6 Å². The normalized spacial score (nSPS) is 20.6. The van der Waals surface area contributed by atoms with Gasteiger partial charge in [-0.05, 0) is 32.4 Å². The number of amides is 2. The van der Waals surface area contributed by atoms with Crippen molar-refractivity contribution in [1.82, 2.24) is 20.2 Å². The monoisotopic (exact) mass is 363 g/mol. The van der Waals surface area contributed by atoms with Crippen molar-refractivity contribution >= 4 is 23.2 Å². The van der Waals surface area contributed by atoms with E-state index in [1.165, 1.54) is 0 Å². The molecule has 0 radical (unpaired) electrons. The van der Waals surface area contributed by atoms with Gasteiger partial charge < -0.3 is 5.32 Å². The van der Waals surface area contributed by atoms with Gasteiger partial charge in [0, 0.05) is 36.8 Å². The lowest BCUT2D eigenvalue weighted by atomic mass is 10.2. The maximum Gasteiger partial charge on any atom is 0.320 e. The Balaban J connectivity index is 1.52. The van der Waals surface area contributed by atoms with Crippen LogP contribution < -0.4 is 10.6 Å². The Morgan fingerprint density at radius 1 is 1.40 bits per heavy atom. The summed E-state index contributed by atoms with van der Waals surface area (Å²) >= 11 is 1.59. The Morgan fingerprint density at radius 3 is 2.96 bits per heavy atom. The maximum absolute atomic E-state index is 13.8. The van der Waals surface area contributed by atoms with Crippen molar-refractivity contribution in [2.24, 2.45) is 0 Å². The van der Waals surface area contributed by atoms with Crippen LogP contribution in [0.3, 0.4) is 0 Å². The average Bonchev–Trinajstić information content (AvgIpc) is 3.11. The number of hydrogen-bond acceptors (Lipinski definition) is 5. The van der Waals surface area contributed by atoms with Gasteiger partial charge in [0.05, 0.1) is 10.7 Å². The first kappa shape index (κ1) is 17.8. The first-order chi connectivity index (χ1) is 12.0. The Morgan fingerprint density at radius 2 is 2.24 bits per heavy atom. The molecular formula is C17H22FN5OS. The lowest BCUT2D eigenvalue weighted by Crippen LogP contribution is -2.41. The number of nitrogens with one attached hydrogen (secondary N) is 2. The van der Waals surface area contributed by atoms with E-state index in [0.29, 0.717) is 31.9 Å². The molecule has 2 amide bonds.